The number of H-pyrrole nitrogens is 1. The second kappa shape index (κ2) is 14.6. The number of nitrogens with zero attached hydrogens (tertiary/aromatic N) is 3. The zero-order valence-corrected chi connectivity index (χ0v) is 27.2. The molecular weight excluding hydrogens is 555 g/mol. The number of rotatable bonds is 11. The smallest absolute Gasteiger partial charge is 1.00 e. The summed E-state index contributed by atoms with van der Waals surface area (Å²) in [6, 6.07) is 23.2. The molecule has 1 N–H and O–H groups in total. The van der Waals surface area contributed by atoms with E-state index in [1.807, 2.05) is 86.6 Å². The van der Waals surface area contributed by atoms with Gasteiger partial charge in [0.05, 0.1) is 18.0 Å². The van der Waals surface area contributed by atoms with Gasteiger partial charge in [-0.1, -0.05) is 67.0 Å². The predicted octanol–water partition coefficient (Wildman–Crippen LogP) is 2.62. The molecule has 10 heteroatoms. The van der Waals surface area contributed by atoms with Crippen molar-refractivity contribution < 1.29 is 45.0 Å². The topological polar surface area (TPSA) is 112 Å². The number of benzene rings is 3. The van der Waals surface area contributed by atoms with Gasteiger partial charge in [-0.25, -0.2) is 9.78 Å². The minimum Gasteiger partial charge on any atom is -1.00 e. The van der Waals surface area contributed by atoms with Crippen LogP contribution in [0.1, 0.15) is 44.3 Å². The summed E-state index contributed by atoms with van der Waals surface area (Å²) in [6.45, 7) is 6.38. The number of nitrogens with one attached hydrogen (secondary N) is 1. The van der Waals surface area contributed by atoms with Gasteiger partial charge in [0.25, 0.3) is 5.56 Å². The first-order chi connectivity index (χ1) is 20.4. The van der Waals surface area contributed by atoms with Crippen molar-refractivity contribution in [2.45, 2.75) is 46.1 Å². The Morgan fingerprint density at radius 3 is 2.33 bits per heavy atom. The monoisotopic (exact) mass is 590 g/mol. The first kappa shape index (κ1) is 32.2. The van der Waals surface area contributed by atoms with Crippen LogP contribution >= 0.6 is 0 Å². The molecule has 0 aliphatic carbocycles. The molecule has 5 aromatic rings. The zero-order chi connectivity index (χ0) is 29.6. The fourth-order valence-electron chi connectivity index (χ4n) is 5.11. The van der Waals surface area contributed by atoms with Crippen molar-refractivity contribution in [1.29, 1.82) is 0 Å². The third kappa shape index (κ3) is 7.43. The van der Waals surface area contributed by atoms with Gasteiger partial charge in [-0.05, 0) is 61.2 Å². The van der Waals surface area contributed by atoms with E-state index < -0.39 is 5.76 Å². The first-order valence-electron chi connectivity index (χ1n) is 14.0. The second-order valence-electron chi connectivity index (χ2n) is 10.2. The summed E-state index contributed by atoms with van der Waals surface area (Å²) in [5, 5.41) is 3.85. The number of ether oxygens (including phenoxy) is 2. The van der Waals surface area contributed by atoms with Crippen LogP contribution in [0.2, 0.25) is 0 Å². The van der Waals surface area contributed by atoms with Gasteiger partial charge < -0.3 is 10.9 Å². The molecule has 0 saturated heterocycles. The van der Waals surface area contributed by atoms with Crippen LogP contribution in [0.5, 0.6) is 5.75 Å². The van der Waals surface area contributed by atoms with Crippen molar-refractivity contribution in [2.75, 3.05) is 13.7 Å². The Morgan fingerprint density at radius 2 is 1.70 bits per heavy atom. The molecule has 0 amide bonds. The van der Waals surface area contributed by atoms with Crippen molar-refractivity contribution >= 4 is 0 Å². The Labute approximate surface area is 273 Å². The summed E-state index contributed by atoms with van der Waals surface area (Å²) in [5.74, 6) is 1.13. The molecule has 218 valence electrons. The van der Waals surface area contributed by atoms with Gasteiger partial charge in [0.15, 0.2) is 5.82 Å². The van der Waals surface area contributed by atoms with E-state index in [2.05, 4.69) is 17.1 Å². The Kier molecular flexibility index (Phi) is 10.9. The van der Waals surface area contributed by atoms with Crippen LogP contribution in [0.3, 0.4) is 0 Å². The first-order valence-corrected chi connectivity index (χ1v) is 14.0. The van der Waals surface area contributed by atoms with Crippen LogP contribution in [0.4, 0.5) is 0 Å². The van der Waals surface area contributed by atoms with Crippen LogP contribution in [0.15, 0.2) is 86.9 Å². The van der Waals surface area contributed by atoms with Gasteiger partial charge >= 0.3 is 35.3 Å². The second-order valence-corrected chi connectivity index (χ2v) is 10.2. The van der Waals surface area contributed by atoms with E-state index in [0.29, 0.717) is 36.0 Å². The Hall–Kier alpha value is -3.76. The minimum atomic E-state index is -0.601. The fraction of sp³-hybridized carbons (Fsp3) is 0.273. The summed E-state index contributed by atoms with van der Waals surface area (Å²) in [6.07, 6.45) is 1.97. The quantitative estimate of drug-likeness (QED) is 0.236. The number of hydrogen-bond acceptors (Lipinski definition) is 7. The molecule has 5 rings (SSSR count). The molecule has 1 atom stereocenters. The number of aromatic nitrogens is 4. The maximum atomic E-state index is 14.0. The van der Waals surface area contributed by atoms with Crippen LogP contribution < -0.4 is 45.6 Å². The van der Waals surface area contributed by atoms with E-state index in [1.54, 1.807) is 11.7 Å². The number of hydrogen-bond donors (Lipinski definition) is 1. The maximum Gasteiger partial charge on any atom is 1.00 e. The zero-order valence-electron chi connectivity index (χ0n) is 26.2. The average Bonchev–Trinajstić information content (AvgIpc) is 3.42. The van der Waals surface area contributed by atoms with Crippen LogP contribution in [0, 0.1) is 6.92 Å². The molecule has 0 saturated carbocycles. The minimum absolute atomic E-state index is 0. The number of aryl methyl sites for hydroxylation is 2. The van der Waals surface area contributed by atoms with Gasteiger partial charge in [-0.3, -0.25) is 18.9 Å². The average molecular weight is 591 g/mol. The van der Waals surface area contributed by atoms with E-state index in [9.17, 15) is 9.59 Å². The fourth-order valence-corrected chi connectivity index (χ4v) is 5.11. The van der Waals surface area contributed by atoms with E-state index >= 15 is 0 Å². The van der Waals surface area contributed by atoms with E-state index in [1.165, 1.54) is 0 Å². The predicted molar refractivity (Wildman–Crippen MR) is 162 cm³/mol. The third-order valence-corrected chi connectivity index (χ3v) is 7.02. The number of methoxy groups -OCH3 is 1. The normalized spacial score (nSPS) is 11.6. The summed E-state index contributed by atoms with van der Waals surface area (Å²) in [7, 11) is 1.64. The molecule has 9 nitrogen and oxygen atoms in total. The molecular formula is C33H35N4NaO5. The van der Waals surface area contributed by atoms with Gasteiger partial charge in [0.1, 0.15) is 17.7 Å². The maximum absolute atomic E-state index is 14.0. The Morgan fingerprint density at radius 1 is 1.00 bits per heavy atom. The molecule has 0 aliphatic rings. The van der Waals surface area contributed by atoms with E-state index in [0.717, 1.165) is 46.5 Å². The van der Waals surface area contributed by atoms with Crippen molar-refractivity contribution in [3.05, 3.63) is 116 Å². The van der Waals surface area contributed by atoms with Crippen molar-refractivity contribution in [3.8, 4) is 34.0 Å². The summed E-state index contributed by atoms with van der Waals surface area (Å²) < 4.78 is 17.4. The van der Waals surface area contributed by atoms with E-state index in [4.69, 9.17) is 19.0 Å². The van der Waals surface area contributed by atoms with Crippen molar-refractivity contribution in [2.24, 2.45) is 0 Å². The van der Waals surface area contributed by atoms with Crippen LogP contribution in [-0.4, -0.2) is 39.5 Å². The molecule has 1 unspecified atom stereocenters. The van der Waals surface area contributed by atoms with Gasteiger partial charge in [0, 0.05) is 24.7 Å². The largest absolute Gasteiger partial charge is 1.00 e. The van der Waals surface area contributed by atoms with Gasteiger partial charge in [0.2, 0.25) is 0 Å². The molecule has 0 spiro atoms. The molecule has 0 fully saturated rings. The molecule has 0 aliphatic heterocycles. The Bertz CT molecular complexity index is 1780. The van der Waals surface area contributed by atoms with Crippen LogP contribution in [-0.2, 0) is 17.6 Å². The number of aromatic amines is 1. The molecule has 43 heavy (non-hydrogen) atoms. The van der Waals surface area contributed by atoms with Crippen LogP contribution in [0.25, 0.3) is 28.2 Å². The SMILES string of the molecule is CCCc1nc(C)n(-c2ccc(OC(C)COC)cc2)c(=O)c1Cc1ccc(-c2ccccc2-c2noc(=O)[nH]2)cc1.[H-].[Na+]. The van der Waals surface area contributed by atoms with Gasteiger partial charge in [-0.2, -0.15) is 0 Å². The standard InChI is InChI=1S/C33H34N4O5.Na.H/c1-5-8-30-29(32(38)37(22(3)34-30)25-15-17-26(18-16-25)41-21(2)20-40-4)19-23-11-13-24(14-12-23)27-9-6-7-10-28(27)31-35-33(39)42-36-31;;/h6-7,9-18,21H,5,8,19-20H2,1-4H3,(H,35,36,39);;/q;+1;-1. The molecule has 3 aromatic carbocycles. The molecule has 2 heterocycles. The van der Waals surface area contributed by atoms with Crippen molar-refractivity contribution in [3.63, 3.8) is 0 Å². The molecule has 0 bridgehead atoms. The summed E-state index contributed by atoms with van der Waals surface area (Å²) in [5.41, 5.74) is 5.79. The third-order valence-electron chi connectivity index (χ3n) is 7.02. The van der Waals surface area contributed by atoms with E-state index in [-0.39, 0.29) is 42.6 Å². The van der Waals surface area contributed by atoms with Crippen molar-refractivity contribution in [1.82, 2.24) is 19.7 Å². The summed E-state index contributed by atoms with van der Waals surface area (Å²) >= 11 is 0. The Balaban J connectivity index is 0.00000264. The van der Waals surface area contributed by atoms with Gasteiger partial charge in [-0.15, -0.1) is 0 Å². The summed E-state index contributed by atoms with van der Waals surface area (Å²) in [4.78, 5) is 33.0. The molecule has 2 aromatic heterocycles. The molecule has 0 radical (unpaired) electrons.